The van der Waals surface area contributed by atoms with E-state index in [1.54, 1.807) is 6.92 Å². The predicted octanol–water partition coefficient (Wildman–Crippen LogP) is 0.847. The lowest BCUT2D eigenvalue weighted by molar-refractivity contribution is 1.92. The normalized spacial score (nSPS) is 3.67. The first-order valence-corrected chi connectivity index (χ1v) is 1.60. The number of rotatable bonds is 0. The minimum Gasteiger partial charge on any atom is -0.0925 e. The maximum absolute atomic E-state index is 3.26. The summed E-state index contributed by atoms with van der Waals surface area (Å²) < 4.78 is 0. The Morgan fingerprint density at radius 2 is 2.00 bits per heavy atom. The third-order valence-electron chi connectivity index (χ3n) is 0.276. The summed E-state index contributed by atoms with van der Waals surface area (Å²) in [4.78, 5) is 0. The smallest absolute Gasteiger partial charge is 0.0209 e. The van der Waals surface area contributed by atoms with Gasteiger partial charge in [0.2, 0.25) is 0 Å². The van der Waals surface area contributed by atoms with Crippen LogP contribution in [0.4, 0.5) is 0 Å². The first kappa shape index (κ1) is 5.12. The van der Waals surface area contributed by atoms with Gasteiger partial charge >= 0.3 is 0 Å². The fourth-order valence-corrected chi connectivity index (χ4v) is 0.107. The molecule has 6 heavy (non-hydrogen) atoms. The Hall–Kier alpha value is -0.880. The third-order valence-corrected chi connectivity index (χ3v) is 0.276. The highest BCUT2D eigenvalue weighted by atomic mass is 13.5. The van der Waals surface area contributed by atoms with Crippen LogP contribution in [0.1, 0.15) is 6.92 Å². The van der Waals surface area contributed by atoms with E-state index >= 15 is 0 Å². The van der Waals surface area contributed by atoms with Gasteiger partial charge in [0.05, 0.1) is 0 Å². The zero-order valence-electron chi connectivity index (χ0n) is 3.71. The number of hydrogen-bond donors (Lipinski definition) is 0. The Labute approximate surface area is 38.6 Å². The predicted molar refractivity (Wildman–Crippen MR) is 26.6 cm³/mol. The van der Waals surface area contributed by atoms with E-state index in [2.05, 4.69) is 30.6 Å². The molecule has 0 bridgehead atoms. The molecule has 0 saturated carbocycles. The van der Waals surface area contributed by atoms with Crippen LogP contribution in [0.3, 0.4) is 0 Å². The molecule has 0 aliphatic carbocycles. The SMILES string of the molecule is [CH2]C#CC#CC. The Kier molecular flexibility index (Phi) is 3.52. The summed E-state index contributed by atoms with van der Waals surface area (Å²) in [7, 11) is 0. The molecule has 0 saturated heterocycles. The Morgan fingerprint density at radius 1 is 1.33 bits per heavy atom. The quantitative estimate of drug-likeness (QED) is 0.376. The molecule has 0 heterocycles. The molecule has 0 amide bonds. The summed E-state index contributed by atoms with van der Waals surface area (Å²) in [6.45, 7) is 5.00. The number of hydrogen-bond acceptors (Lipinski definition) is 0. The van der Waals surface area contributed by atoms with E-state index in [0.717, 1.165) is 0 Å². The summed E-state index contributed by atoms with van der Waals surface area (Å²) in [5.41, 5.74) is 0. The molecular weight excluding hydrogens is 72.1 g/mol. The van der Waals surface area contributed by atoms with Crippen LogP contribution in [0, 0.1) is 30.6 Å². The summed E-state index contributed by atoms with van der Waals surface area (Å²) in [6.07, 6.45) is 0. The van der Waals surface area contributed by atoms with E-state index in [-0.39, 0.29) is 0 Å². The molecule has 0 fully saturated rings. The molecule has 0 nitrogen and oxygen atoms in total. The molecule has 0 spiro atoms. The molecule has 0 unspecified atom stereocenters. The van der Waals surface area contributed by atoms with Gasteiger partial charge in [0.15, 0.2) is 0 Å². The minimum atomic E-state index is 1.74. The van der Waals surface area contributed by atoms with Crippen molar-refractivity contribution in [1.82, 2.24) is 0 Å². The molecule has 29 valence electrons. The fraction of sp³-hybridized carbons (Fsp3) is 0.167. The molecule has 0 rings (SSSR count). The molecule has 0 N–H and O–H groups in total. The summed E-state index contributed by atoms with van der Waals surface area (Å²) in [5.74, 6) is 10.0. The van der Waals surface area contributed by atoms with Gasteiger partial charge in [-0.2, -0.15) is 0 Å². The minimum absolute atomic E-state index is 1.74. The summed E-state index contributed by atoms with van der Waals surface area (Å²) in [5, 5.41) is 0. The van der Waals surface area contributed by atoms with Crippen molar-refractivity contribution in [2.75, 3.05) is 0 Å². The lowest BCUT2D eigenvalue weighted by Gasteiger charge is -1.48. The molecule has 0 aromatic carbocycles. The molecule has 0 aliphatic heterocycles. The van der Waals surface area contributed by atoms with E-state index in [4.69, 9.17) is 0 Å². The van der Waals surface area contributed by atoms with E-state index in [0.29, 0.717) is 0 Å². The van der Waals surface area contributed by atoms with Gasteiger partial charge in [-0.25, -0.2) is 0 Å². The van der Waals surface area contributed by atoms with Crippen molar-refractivity contribution in [2.24, 2.45) is 0 Å². The highest BCUT2D eigenvalue weighted by Crippen LogP contribution is 1.47. The van der Waals surface area contributed by atoms with Crippen molar-refractivity contribution >= 4 is 0 Å². The van der Waals surface area contributed by atoms with Crippen LogP contribution in [-0.2, 0) is 0 Å². The fourth-order valence-electron chi connectivity index (χ4n) is 0.107. The zero-order chi connectivity index (χ0) is 4.83. The second-order valence-corrected chi connectivity index (χ2v) is 0.677. The van der Waals surface area contributed by atoms with E-state index in [9.17, 15) is 0 Å². The van der Waals surface area contributed by atoms with Gasteiger partial charge in [-0.3, -0.25) is 0 Å². The van der Waals surface area contributed by atoms with Gasteiger partial charge < -0.3 is 0 Å². The molecule has 0 heteroatoms. The topological polar surface area (TPSA) is 0 Å². The molecule has 0 aromatic rings. The van der Waals surface area contributed by atoms with Gasteiger partial charge in [-0.15, -0.1) is 0 Å². The van der Waals surface area contributed by atoms with Crippen LogP contribution in [0.15, 0.2) is 0 Å². The van der Waals surface area contributed by atoms with Gasteiger partial charge in [0, 0.05) is 6.92 Å². The monoisotopic (exact) mass is 77.0 g/mol. The van der Waals surface area contributed by atoms with Crippen LogP contribution in [0.2, 0.25) is 0 Å². The van der Waals surface area contributed by atoms with Crippen molar-refractivity contribution in [1.29, 1.82) is 0 Å². The van der Waals surface area contributed by atoms with Crippen molar-refractivity contribution in [3.63, 3.8) is 0 Å². The maximum Gasteiger partial charge on any atom is 0.0209 e. The largest absolute Gasteiger partial charge is 0.0925 e. The first-order chi connectivity index (χ1) is 2.91. The van der Waals surface area contributed by atoms with Gasteiger partial charge in [-0.1, -0.05) is 11.8 Å². The van der Waals surface area contributed by atoms with E-state index < -0.39 is 0 Å². The van der Waals surface area contributed by atoms with Crippen LogP contribution in [0.5, 0.6) is 0 Å². The van der Waals surface area contributed by atoms with E-state index in [1.807, 2.05) is 0 Å². The second kappa shape index (κ2) is 4.12. The Balaban J connectivity index is 3.43. The molecule has 0 aromatic heterocycles. The molecule has 0 aliphatic rings. The maximum atomic E-state index is 3.26. The molecule has 0 atom stereocenters. The zero-order valence-corrected chi connectivity index (χ0v) is 3.71. The van der Waals surface area contributed by atoms with Crippen LogP contribution >= 0.6 is 0 Å². The third kappa shape index (κ3) is 3.12. The second-order valence-electron chi connectivity index (χ2n) is 0.677. The van der Waals surface area contributed by atoms with Crippen LogP contribution in [-0.4, -0.2) is 0 Å². The first-order valence-electron chi connectivity index (χ1n) is 1.60. The highest BCUT2D eigenvalue weighted by molar-refractivity contribution is 5.25. The lowest BCUT2D eigenvalue weighted by atomic mass is 10.6. The Morgan fingerprint density at radius 3 is 2.17 bits per heavy atom. The van der Waals surface area contributed by atoms with Crippen molar-refractivity contribution in [3.8, 4) is 23.7 Å². The summed E-state index contributed by atoms with van der Waals surface area (Å²) in [6, 6.07) is 0. The standard InChI is InChI=1S/C6H5/c1-3-5-6-4-2/h1H2,2H3. The van der Waals surface area contributed by atoms with Crippen LogP contribution in [0.25, 0.3) is 0 Å². The van der Waals surface area contributed by atoms with Gasteiger partial charge in [0.25, 0.3) is 0 Å². The van der Waals surface area contributed by atoms with Crippen LogP contribution < -0.4 is 0 Å². The average Bonchev–Trinajstić information content (AvgIpc) is 1.61. The highest BCUT2D eigenvalue weighted by Gasteiger charge is 1.41. The lowest BCUT2D eigenvalue weighted by Crippen LogP contribution is -1.43. The van der Waals surface area contributed by atoms with Crippen molar-refractivity contribution in [3.05, 3.63) is 6.92 Å². The van der Waals surface area contributed by atoms with Crippen molar-refractivity contribution in [2.45, 2.75) is 6.92 Å². The average molecular weight is 77.1 g/mol. The summed E-state index contributed by atoms with van der Waals surface area (Å²) >= 11 is 0. The van der Waals surface area contributed by atoms with Gasteiger partial charge in [0.1, 0.15) is 0 Å². The Bertz CT molecular complexity index is 104. The molecular formula is C6H5. The molecule has 1 radical (unpaired) electrons. The van der Waals surface area contributed by atoms with Crippen molar-refractivity contribution < 1.29 is 0 Å². The van der Waals surface area contributed by atoms with Gasteiger partial charge in [-0.05, 0) is 18.8 Å². The van der Waals surface area contributed by atoms with E-state index in [1.165, 1.54) is 0 Å².